The highest BCUT2D eigenvalue weighted by Crippen LogP contribution is 2.23. The molecule has 0 aliphatic rings. The van der Waals surface area contributed by atoms with Crippen LogP contribution in [0.3, 0.4) is 0 Å². The Bertz CT molecular complexity index is 637. The van der Waals surface area contributed by atoms with Crippen LogP contribution in [-0.4, -0.2) is 4.98 Å². The van der Waals surface area contributed by atoms with Crippen LogP contribution in [0, 0.1) is 20.8 Å². The molecule has 1 heteroatoms. The maximum absolute atomic E-state index is 3.07. The van der Waals surface area contributed by atoms with E-state index in [9.17, 15) is 0 Å². The highest BCUT2D eigenvalue weighted by molar-refractivity contribution is 5.66. The van der Waals surface area contributed by atoms with E-state index in [-0.39, 0.29) is 0 Å². The van der Waals surface area contributed by atoms with Gasteiger partial charge in [-0.15, -0.1) is 0 Å². The summed E-state index contributed by atoms with van der Waals surface area (Å²) in [5.41, 5.74) is 6.54. The molecule has 0 spiro atoms. The van der Waals surface area contributed by atoms with Crippen LogP contribution < -0.4 is 0 Å². The number of hydrogen-bond acceptors (Lipinski definition) is 0. The Labute approximate surface area is 135 Å². The van der Waals surface area contributed by atoms with Crippen molar-refractivity contribution >= 4 is 0 Å². The van der Waals surface area contributed by atoms with E-state index in [1.54, 1.807) is 0 Å². The molecule has 0 atom stereocenters. The molecule has 22 heavy (non-hydrogen) atoms. The lowest BCUT2D eigenvalue weighted by molar-refractivity contribution is 1.38. The summed E-state index contributed by atoms with van der Waals surface area (Å²) in [5.74, 6) is 0. The first-order valence-corrected chi connectivity index (χ1v) is 7.89. The lowest BCUT2D eigenvalue weighted by Crippen LogP contribution is -1.82. The van der Waals surface area contributed by atoms with Crippen molar-refractivity contribution in [3.63, 3.8) is 0 Å². The summed E-state index contributed by atoms with van der Waals surface area (Å²) in [7, 11) is 0. The number of H-pyrrole nitrogens is 1. The summed E-state index contributed by atoms with van der Waals surface area (Å²) in [6.45, 7) is 10.4. The molecule has 3 rings (SSSR count). The molecule has 1 aromatic heterocycles. The fraction of sp³-hybridized carbons (Fsp3) is 0.238. The zero-order chi connectivity index (χ0) is 16.4. The minimum Gasteiger partial charge on any atom is -0.367 e. The number of hydrogen-bond donors (Lipinski definition) is 1. The molecule has 116 valence electrons. The standard InChI is InChI=1S/C12H13N.C7H8.C2H6/c1-9-3-4-12(10(2)7-9)11-5-6-13-8-11;1-7-5-3-2-4-6-7;1-2/h3-8,13H,1-2H3;2-6H,1H3;1-2H3. The van der Waals surface area contributed by atoms with Crippen LogP contribution in [0.5, 0.6) is 0 Å². The van der Waals surface area contributed by atoms with Crippen LogP contribution in [0.4, 0.5) is 0 Å². The van der Waals surface area contributed by atoms with Gasteiger partial charge in [0.25, 0.3) is 0 Å². The molecule has 0 radical (unpaired) electrons. The van der Waals surface area contributed by atoms with Gasteiger partial charge in [0.15, 0.2) is 0 Å². The molecule has 2 aromatic carbocycles. The topological polar surface area (TPSA) is 15.8 Å². The third kappa shape index (κ3) is 5.61. The molecule has 0 aliphatic carbocycles. The minimum atomic E-state index is 1.26. The maximum Gasteiger partial charge on any atom is 0.00842 e. The quantitative estimate of drug-likeness (QED) is 0.540. The predicted octanol–water partition coefficient (Wildman–Crippen LogP) is 6.32. The van der Waals surface area contributed by atoms with Gasteiger partial charge in [0.05, 0.1) is 0 Å². The number of nitrogens with one attached hydrogen (secondary N) is 1. The largest absolute Gasteiger partial charge is 0.367 e. The normalized spacial score (nSPS) is 9.14. The summed E-state index contributed by atoms with van der Waals surface area (Å²) in [5, 5.41) is 0. The molecule has 0 bridgehead atoms. The summed E-state index contributed by atoms with van der Waals surface area (Å²) < 4.78 is 0. The molecule has 1 heterocycles. The van der Waals surface area contributed by atoms with Crippen LogP contribution in [0.2, 0.25) is 0 Å². The van der Waals surface area contributed by atoms with Crippen LogP contribution in [0.25, 0.3) is 11.1 Å². The van der Waals surface area contributed by atoms with E-state index in [1.807, 2.05) is 44.4 Å². The lowest BCUT2D eigenvalue weighted by Gasteiger charge is -2.03. The molecule has 1 nitrogen and oxygen atoms in total. The Morgan fingerprint density at radius 3 is 1.86 bits per heavy atom. The van der Waals surface area contributed by atoms with Gasteiger partial charge in [-0.05, 0) is 43.5 Å². The first-order chi connectivity index (χ1) is 10.7. The molecule has 0 saturated carbocycles. The van der Waals surface area contributed by atoms with Crippen LogP contribution in [0.15, 0.2) is 67.0 Å². The molecule has 0 amide bonds. The zero-order valence-corrected chi connectivity index (χ0v) is 14.4. The van der Waals surface area contributed by atoms with Gasteiger partial charge >= 0.3 is 0 Å². The zero-order valence-electron chi connectivity index (χ0n) is 14.4. The summed E-state index contributed by atoms with van der Waals surface area (Å²) >= 11 is 0. The monoisotopic (exact) mass is 293 g/mol. The Morgan fingerprint density at radius 2 is 1.41 bits per heavy atom. The second-order valence-corrected chi connectivity index (χ2v) is 5.07. The number of aromatic nitrogens is 1. The predicted molar refractivity (Wildman–Crippen MR) is 98.2 cm³/mol. The maximum atomic E-state index is 3.07. The van der Waals surface area contributed by atoms with Gasteiger partial charge in [0.2, 0.25) is 0 Å². The van der Waals surface area contributed by atoms with E-state index >= 15 is 0 Å². The highest BCUT2D eigenvalue weighted by Gasteiger charge is 2.00. The third-order valence-electron chi connectivity index (χ3n) is 3.23. The third-order valence-corrected chi connectivity index (χ3v) is 3.23. The van der Waals surface area contributed by atoms with E-state index in [0.29, 0.717) is 0 Å². The number of rotatable bonds is 1. The lowest BCUT2D eigenvalue weighted by atomic mass is 10.0. The van der Waals surface area contributed by atoms with Crippen LogP contribution in [-0.2, 0) is 0 Å². The summed E-state index contributed by atoms with van der Waals surface area (Å²) in [6.07, 6.45) is 3.98. The van der Waals surface area contributed by atoms with Crippen molar-refractivity contribution in [1.82, 2.24) is 4.98 Å². The first-order valence-electron chi connectivity index (χ1n) is 7.89. The van der Waals surface area contributed by atoms with E-state index < -0.39 is 0 Å². The molecular weight excluding hydrogens is 266 g/mol. The molecule has 3 aromatic rings. The van der Waals surface area contributed by atoms with E-state index in [0.717, 1.165) is 0 Å². The SMILES string of the molecule is CC.Cc1ccc(-c2cc[nH]c2)c(C)c1.Cc1ccccc1. The van der Waals surface area contributed by atoms with Gasteiger partial charge in [0, 0.05) is 12.4 Å². The highest BCUT2D eigenvalue weighted by atomic mass is 14.6. The van der Waals surface area contributed by atoms with Crippen molar-refractivity contribution in [2.45, 2.75) is 34.6 Å². The number of benzene rings is 2. The van der Waals surface area contributed by atoms with Crippen LogP contribution >= 0.6 is 0 Å². The van der Waals surface area contributed by atoms with E-state index in [2.05, 4.69) is 62.2 Å². The van der Waals surface area contributed by atoms with Gasteiger partial charge in [-0.3, -0.25) is 0 Å². The van der Waals surface area contributed by atoms with Gasteiger partial charge in [-0.1, -0.05) is 73.5 Å². The van der Waals surface area contributed by atoms with Crippen molar-refractivity contribution in [3.8, 4) is 11.1 Å². The molecule has 1 N–H and O–H groups in total. The molecular formula is C21H27N. The number of aryl methyl sites for hydroxylation is 3. The fourth-order valence-electron chi connectivity index (χ4n) is 2.16. The van der Waals surface area contributed by atoms with Crippen molar-refractivity contribution in [3.05, 3.63) is 83.7 Å². The average Bonchev–Trinajstić information content (AvgIpc) is 3.05. The van der Waals surface area contributed by atoms with Crippen molar-refractivity contribution in [2.24, 2.45) is 0 Å². The van der Waals surface area contributed by atoms with Gasteiger partial charge in [-0.25, -0.2) is 0 Å². The Hall–Kier alpha value is -2.28. The molecule has 0 unspecified atom stereocenters. The summed E-state index contributed by atoms with van der Waals surface area (Å²) in [6, 6.07) is 18.9. The van der Waals surface area contributed by atoms with Crippen molar-refractivity contribution in [2.75, 3.05) is 0 Å². The Kier molecular flexibility index (Phi) is 7.77. The smallest absolute Gasteiger partial charge is 0.00842 e. The van der Waals surface area contributed by atoms with E-state index in [1.165, 1.54) is 27.8 Å². The van der Waals surface area contributed by atoms with Crippen molar-refractivity contribution < 1.29 is 0 Å². The molecule has 0 aliphatic heterocycles. The fourth-order valence-corrected chi connectivity index (χ4v) is 2.16. The average molecular weight is 293 g/mol. The molecule has 0 fully saturated rings. The minimum absolute atomic E-state index is 1.26. The van der Waals surface area contributed by atoms with Crippen LogP contribution in [0.1, 0.15) is 30.5 Å². The van der Waals surface area contributed by atoms with Gasteiger partial charge in [0.1, 0.15) is 0 Å². The Balaban J connectivity index is 0.000000228. The van der Waals surface area contributed by atoms with E-state index in [4.69, 9.17) is 0 Å². The first kappa shape index (κ1) is 17.8. The summed E-state index contributed by atoms with van der Waals surface area (Å²) in [4.78, 5) is 3.07. The van der Waals surface area contributed by atoms with Gasteiger partial charge in [-0.2, -0.15) is 0 Å². The van der Waals surface area contributed by atoms with Gasteiger partial charge < -0.3 is 4.98 Å². The second-order valence-electron chi connectivity index (χ2n) is 5.07. The van der Waals surface area contributed by atoms with Crippen molar-refractivity contribution in [1.29, 1.82) is 0 Å². The number of aromatic amines is 1. The Morgan fingerprint density at radius 1 is 0.727 bits per heavy atom. The molecule has 0 saturated heterocycles. The second kappa shape index (κ2) is 9.62.